The molecule has 0 amide bonds. The number of halogens is 1. The molecule has 6 heteroatoms. The van der Waals surface area contributed by atoms with E-state index in [2.05, 4.69) is 25.9 Å². The van der Waals surface area contributed by atoms with E-state index >= 15 is 0 Å². The molecule has 3 heterocycles. The number of ether oxygens (including phenoxy) is 1. The van der Waals surface area contributed by atoms with E-state index in [0.717, 1.165) is 44.8 Å². The number of aryl methyl sites for hydroxylation is 1. The zero-order valence-electron chi connectivity index (χ0n) is 10.4. The van der Waals surface area contributed by atoms with Gasteiger partial charge in [-0.3, -0.25) is 4.79 Å². The number of hydrogen-bond acceptors (Lipinski definition) is 4. The number of hydrogen-bond donors (Lipinski definition) is 0. The van der Waals surface area contributed by atoms with Gasteiger partial charge in [-0.05, 0) is 28.8 Å². The quantitative estimate of drug-likeness (QED) is 0.780. The Hall–Kier alpha value is -0.880. The summed E-state index contributed by atoms with van der Waals surface area (Å²) in [6.45, 7) is 3.64. The minimum atomic E-state index is -0.0869. The molecule has 5 nitrogen and oxygen atoms in total. The van der Waals surface area contributed by atoms with Crippen molar-refractivity contribution in [3.8, 4) is 0 Å². The highest BCUT2D eigenvalue weighted by Crippen LogP contribution is 2.40. The molecule has 0 N–H and O–H groups in total. The summed E-state index contributed by atoms with van der Waals surface area (Å²) in [6, 6.07) is 0. The predicted octanol–water partition coefficient (Wildman–Crippen LogP) is 1.16. The van der Waals surface area contributed by atoms with Crippen LogP contribution in [0.3, 0.4) is 0 Å². The molecule has 1 aromatic rings. The molecule has 2 fully saturated rings. The van der Waals surface area contributed by atoms with Crippen LogP contribution in [-0.2, 0) is 11.8 Å². The van der Waals surface area contributed by atoms with E-state index in [1.54, 1.807) is 13.2 Å². The molecule has 2 saturated heterocycles. The van der Waals surface area contributed by atoms with E-state index in [9.17, 15) is 4.79 Å². The van der Waals surface area contributed by atoms with Crippen LogP contribution in [-0.4, -0.2) is 36.1 Å². The first-order valence-corrected chi connectivity index (χ1v) is 6.95. The lowest BCUT2D eigenvalue weighted by Gasteiger charge is -2.23. The molecule has 0 bridgehead atoms. The Morgan fingerprint density at radius 1 is 1.50 bits per heavy atom. The Labute approximate surface area is 114 Å². The number of aromatic nitrogens is 2. The molecule has 0 aliphatic carbocycles. The third-order valence-corrected chi connectivity index (χ3v) is 4.77. The second-order valence-electron chi connectivity index (χ2n) is 5.25. The third-order valence-electron chi connectivity index (χ3n) is 4.02. The van der Waals surface area contributed by atoms with Crippen molar-refractivity contribution in [3.63, 3.8) is 0 Å². The average Bonchev–Trinajstić information content (AvgIpc) is 2.98. The molecule has 18 heavy (non-hydrogen) atoms. The monoisotopic (exact) mass is 313 g/mol. The first-order chi connectivity index (χ1) is 8.61. The Morgan fingerprint density at radius 2 is 2.33 bits per heavy atom. The maximum atomic E-state index is 11.9. The molecular weight excluding hydrogens is 298 g/mol. The van der Waals surface area contributed by atoms with Gasteiger partial charge < -0.3 is 9.64 Å². The summed E-state index contributed by atoms with van der Waals surface area (Å²) in [5.74, 6) is 0. The van der Waals surface area contributed by atoms with Crippen molar-refractivity contribution in [2.45, 2.75) is 12.8 Å². The van der Waals surface area contributed by atoms with Crippen molar-refractivity contribution in [2.75, 3.05) is 31.2 Å². The molecule has 0 unspecified atom stereocenters. The fourth-order valence-corrected chi connectivity index (χ4v) is 3.44. The van der Waals surface area contributed by atoms with E-state index in [-0.39, 0.29) is 5.56 Å². The van der Waals surface area contributed by atoms with Gasteiger partial charge in [-0.15, -0.1) is 0 Å². The second-order valence-corrected chi connectivity index (χ2v) is 6.04. The van der Waals surface area contributed by atoms with Crippen LogP contribution in [0.15, 0.2) is 15.5 Å². The summed E-state index contributed by atoms with van der Waals surface area (Å²) in [6.07, 6.45) is 4.02. The largest absolute Gasteiger partial charge is 0.381 e. The summed E-state index contributed by atoms with van der Waals surface area (Å²) in [4.78, 5) is 14.1. The minimum absolute atomic E-state index is 0.0869. The van der Waals surface area contributed by atoms with Gasteiger partial charge in [0.05, 0.1) is 18.5 Å². The van der Waals surface area contributed by atoms with Crippen molar-refractivity contribution in [2.24, 2.45) is 12.5 Å². The number of nitrogens with zero attached hydrogens (tertiary/aromatic N) is 3. The molecule has 1 aromatic heterocycles. The molecule has 2 aliphatic heterocycles. The van der Waals surface area contributed by atoms with Gasteiger partial charge >= 0.3 is 0 Å². The first kappa shape index (κ1) is 12.2. The molecule has 98 valence electrons. The lowest BCUT2D eigenvalue weighted by Crippen LogP contribution is -2.30. The van der Waals surface area contributed by atoms with Crippen molar-refractivity contribution in [1.82, 2.24) is 9.78 Å². The van der Waals surface area contributed by atoms with Crippen molar-refractivity contribution < 1.29 is 4.74 Å². The summed E-state index contributed by atoms with van der Waals surface area (Å²) < 4.78 is 7.47. The average molecular weight is 314 g/mol. The van der Waals surface area contributed by atoms with Gasteiger partial charge in [0.2, 0.25) is 0 Å². The standard InChI is InChI=1S/C12H16BrN3O2/c1-15-11(17)10(13)9(6-14-15)16-4-2-12(7-16)3-5-18-8-12/h6H,2-5,7-8H2,1H3/t12-/m0/s1. The fraction of sp³-hybridized carbons (Fsp3) is 0.667. The highest BCUT2D eigenvalue weighted by atomic mass is 79.9. The zero-order chi connectivity index (χ0) is 12.8. The number of anilines is 1. The van der Waals surface area contributed by atoms with Gasteiger partial charge in [0.1, 0.15) is 4.47 Å². The topological polar surface area (TPSA) is 47.4 Å². The van der Waals surface area contributed by atoms with E-state index in [1.807, 2.05) is 0 Å². The van der Waals surface area contributed by atoms with Crippen LogP contribution in [0.2, 0.25) is 0 Å². The van der Waals surface area contributed by atoms with E-state index in [1.165, 1.54) is 4.68 Å². The Kier molecular flexibility index (Phi) is 2.94. The Balaban J connectivity index is 1.89. The lowest BCUT2D eigenvalue weighted by molar-refractivity contribution is 0.160. The zero-order valence-corrected chi connectivity index (χ0v) is 11.9. The van der Waals surface area contributed by atoms with Crippen molar-refractivity contribution in [3.05, 3.63) is 21.0 Å². The van der Waals surface area contributed by atoms with E-state index in [0.29, 0.717) is 9.89 Å². The Morgan fingerprint density at radius 3 is 3.06 bits per heavy atom. The predicted molar refractivity (Wildman–Crippen MR) is 71.9 cm³/mol. The molecule has 0 radical (unpaired) electrons. The van der Waals surface area contributed by atoms with Crippen LogP contribution >= 0.6 is 15.9 Å². The molecule has 1 spiro atoms. The first-order valence-electron chi connectivity index (χ1n) is 6.16. The van der Waals surface area contributed by atoms with Gasteiger partial charge in [-0.25, -0.2) is 4.68 Å². The van der Waals surface area contributed by atoms with Crippen LogP contribution in [0.25, 0.3) is 0 Å². The highest BCUT2D eigenvalue weighted by molar-refractivity contribution is 9.10. The maximum absolute atomic E-state index is 11.9. The smallest absolute Gasteiger partial charge is 0.282 e. The van der Waals surface area contributed by atoms with Crippen LogP contribution < -0.4 is 10.5 Å². The molecular formula is C12H16BrN3O2. The van der Waals surface area contributed by atoms with Crippen LogP contribution in [0.4, 0.5) is 5.69 Å². The molecule has 3 rings (SSSR count). The third kappa shape index (κ3) is 1.87. The molecule has 0 aromatic carbocycles. The van der Waals surface area contributed by atoms with Gasteiger partial charge in [0.25, 0.3) is 5.56 Å². The Bertz CT molecular complexity index is 523. The van der Waals surface area contributed by atoms with Crippen LogP contribution in [0.1, 0.15) is 12.8 Å². The molecule has 0 saturated carbocycles. The highest BCUT2D eigenvalue weighted by Gasteiger charge is 2.41. The second kappa shape index (κ2) is 4.35. The number of rotatable bonds is 1. The van der Waals surface area contributed by atoms with Crippen molar-refractivity contribution >= 4 is 21.6 Å². The van der Waals surface area contributed by atoms with Crippen LogP contribution in [0, 0.1) is 5.41 Å². The van der Waals surface area contributed by atoms with Gasteiger partial charge in [-0.2, -0.15) is 5.10 Å². The maximum Gasteiger partial charge on any atom is 0.282 e. The van der Waals surface area contributed by atoms with Gasteiger partial charge in [0, 0.05) is 32.2 Å². The fourth-order valence-electron chi connectivity index (χ4n) is 2.83. The SMILES string of the molecule is Cn1ncc(N2CC[C@]3(CCOC3)C2)c(Br)c1=O. The summed E-state index contributed by atoms with van der Waals surface area (Å²) >= 11 is 3.39. The summed E-state index contributed by atoms with van der Waals surface area (Å²) in [5, 5.41) is 4.10. The van der Waals surface area contributed by atoms with E-state index < -0.39 is 0 Å². The summed E-state index contributed by atoms with van der Waals surface area (Å²) in [7, 11) is 1.66. The minimum Gasteiger partial charge on any atom is -0.381 e. The molecule has 2 aliphatic rings. The summed E-state index contributed by atoms with van der Waals surface area (Å²) in [5.41, 5.74) is 1.11. The lowest BCUT2D eigenvalue weighted by atomic mass is 9.87. The molecule has 1 atom stereocenters. The van der Waals surface area contributed by atoms with Crippen LogP contribution in [0.5, 0.6) is 0 Å². The van der Waals surface area contributed by atoms with E-state index in [4.69, 9.17) is 4.74 Å². The van der Waals surface area contributed by atoms with Crippen molar-refractivity contribution in [1.29, 1.82) is 0 Å². The van der Waals surface area contributed by atoms with Gasteiger partial charge in [0.15, 0.2) is 0 Å². The normalized spacial score (nSPS) is 27.3. The van der Waals surface area contributed by atoms with Gasteiger partial charge in [-0.1, -0.05) is 0 Å².